The average Bonchev–Trinajstić information content (AvgIpc) is 3.25. The van der Waals surface area contributed by atoms with Gasteiger partial charge in [-0.3, -0.25) is 4.79 Å². The summed E-state index contributed by atoms with van der Waals surface area (Å²) in [7, 11) is -3.51. The molecular weight excluding hydrogens is 374 g/mol. The fourth-order valence-electron chi connectivity index (χ4n) is 5.13. The number of carbonyl (C=O) groups is 1. The zero-order chi connectivity index (χ0) is 20.2. The summed E-state index contributed by atoms with van der Waals surface area (Å²) < 4.78 is 30.6. The van der Waals surface area contributed by atoms with Crippen LogP contribution in [-0.2, 0) is 15.6 Å². The zero-order valence-corrected chi connectivity index (χ0v) is 17.4. The van der Waals surface area contributed by atoms with Crippen LogP contribution in [-0.4, -0.2) is 20.4 Å². The largest absolute Gasteiger partial charge is 0.455 e. The van der Waals surface area contributed by atoms with Gasteiger partial charge in [0.05, 0.1) is 4.90 Å². The highest BCUT2D eigenvalue weighted by molar-refractivity contribution is 7.90. The summed E-state index contributed by atoms with van der Waals surface area (Å²) in [6.45, 7) is 6.87. The Morgan fingerprint density at radius 3 is 2.46 bits per heavy atom. The van der Waals surface area contributed by atoms with Gasteiger partial charge in [0.1, 0.15) is 11.5 Å². The lowest BCUT2D eigenvalue weighted by Crippen LogP contribution is -2.46. The minimum absolute atomic E-state index is 0.0827. The second kappa shape index (κ2) is 6.48. The fraction of sp³-hybridized carbons (Fsp3) is 0.500. The van der Waals surface area contributed by atoms with Gasteiger partial charge >= 0.3 is 0 Å². The van der Waals surface area contributed by atoms with Crippen LogP contribution in [0.1, 0.15) is 56.3 Å². The number of sulfone groups is 1. The van der Waals surface area contributed by atoms with Gasteiger partial charge in [-0.05, 0) is 60.3 Å². The molecule has 2 bridgehead atoms. The molecule has 4 rings (SSSR count). The molecule has 0 unspecified atom stereocenters. The van der Waals surface area contributed by atoms with Crippen LogP contribution in [0.15, 0.2) is 51.8 Å². The van der Waals surface area contributed by atoms with E-state index in [9.17, 15) is 13.2 Å². The van der Waals surface area contributed by atoms with E-state index in [0.29, 0.717) is 5.92 Å². The van der Waals surface area contributed by atoms with Crippen molar-refractivity contribution >= 4 is 15.7 Å². The third kappa shape index (κ3) is 2.98. The molecule has 0 saturated heterocycles. The number of benzene rings is 1. The smallest absolute Gasteiger partial charge is 0.287 e. The normalized spacial score (nSPS) is 28.4. The summed E-state index contributed by atoms with van der Waals surface area (Å²) in [5.41, 5.74) is 0.294. The molecule has 0 aliphatic heterocycles. The number of rotatable bonds is 5. The van der Waals surface area contributed by atoms with Gasteiger partial charge in [-0.1, -0.05) is 39.0 Å². The monoisotopic (exact) mass is 401 g/mol. The van der Waals surface area contributed by atoms with Crippen LogP contribution in [0, 0.1) is 16.7 Å². The minimum Gasteiger partial charge on any atom is -0.455 e. The molecule has 3 atom stereocenters. The van der Waals surface area contributed by atoms with Crippen molar-refractivity contribution in [2.24, 2.45) is 16.7 Å². The third-order valence-corrected chi connectivity index (χ3v) is 9.07. The van der Waals surface area contributed by atoms with Gasteiger partial charge in [0.2, 0.25) is 0 Å². The lowest BCUT2D eigenvalue weighted by Gasteiger charge is -2.39. The van der Waals surface area contributed by atoms with Crippen LogP contribution in [0.5, 0.6) is 0 Å². The number of amides is 1. The first kappa shape index (κ1) is 19.2. The quantitative estimate of drug-likeness (QED) is 0.815. The summed E-state index contributed by atoms with van der Waals surface area (Å²) in [6.07, 6.45) is 3.33. The summed E-state index contributed by atoms with van der Waals surface area (Å²) in [6, 6.07) is 11.5. The Balaban J connectivity index is 1.46. The van der Waals surface area contributed by atoms with Gasteiger partial charge in [0.15, 0.2) is 15.6 Å². The first-order valence-electron chi connectivity index (χ1n) is 9.81. The Morgan fingerprint density at radius 2 is 1.86 bits per heavy atom. The van der Waals surface area contributed by atoms with Crippen LogP contribution in [0.25, 0.3) is 0 Å². The zero-order valence-electron chi connectivity index (χ0n) is 16.6. The Kier molecular flexibility index (Phi) is 4.45. The number of furan rings is 1. The van der Waals surface area contributed by atoms with Crippen molar-refractivity contribution < 1.29 is 17.6 Å². The van der Waals surface area contributed by atoms with Gasteiger partial charge in [-0.25, -0.2) is 8.42 Å². The Morgan fingerprint density at radius 1 is 1.14 bits per heavy atom. The average molecular weight is 402 g/mol. The Labute approximate surface area is 166 Å². The number of hydrogen-bond acceptors (Lipinski definition) is 4. The lowest BCUT2D eigenvalue weighted by atomic mass is 9.69. The molecule has 2 aromatic rings. The highest BCUT2D eigenvalue weighted by Crippen LogP contribution is 2.65. The van der Waals surface area contributed by atoms with Gasteiger partial charge < -0.3 is 9.73 Å². The topological polar surface area (TPSA) is 76.4 Å². The molecule has 0 spiro atoms. The van der Waals surface area contributed by atoms with E-state index in [1.54, 1.807) is 42.5 Å². The maximum atomic E-state index is 12.7. The van der Waals surface area contributed by atoms with E-state index in [1.165, 1.54) is 6.42 Å². The highest BCUT2D eigenvalue weighted by Gasteiger charge is 2.61. The van der Waals surface area contributed by atoms with E-state index in [2.05, 4.69) is 26.1 Å². The molecule has 1 amide bonds. The van der Waals surface area contributed by atoms with Crippen LogP contribution in [0.3, 0.4) is 0 Å². The molecule has 2 fully saturated rings. The van der Waals surface area contributed by atoms with E-state index in [1.807, 2.05) is 0 Å². The maximum absolute atomic E-state index is 12.7. The molecule has 28 heavy (non-hydrogen) atoms. The van der Waals surface area contributed by atoms with Crippen molar-refractivity contribution in [1.82, 2.24) is 5.32 Å². The maximum Gasteiger partial charge on any atom is 0.287 e. The number of carbonyl (C=O) groups excluding carboxylic acids is 1. The van der Waals surface area contributed by atoms with Crippen molar-refractivity contribution in [2.45, 2.75) is 56.7 Å². The minimum atomic E-state index is -3.51. The van der Waals surface area contributed by atoms with Crippen molar-refractivity contribution in [3.8, 4) is 0 Å². The Bertz CT molecular complexity index is 993. The molecule has 0 radical (unpaired) electrons. The molecule has 2 aliphatic carbocycles. The molecule has 1 aromatic heterocycles. The molecular formula is C22H27NO4S. The molecule has 2 aliphatic rings. The second-order valence-corrected chi connectivity index (χ2v) is 11.0. The van der Waals surface area contributed by atoms with E-state index in [0.717, 1.165) is 12.8 Å². The Hall–Kier alpha value is -2.08. The molecule has 150 valence electrons. The molecule has 1 heterocycles. The molecule has 1 N–H and O–H groups in total. The highest BCUT2D eigenvalue weighted by atomic mass is 32.2. The molecule has 1 aromatic carbocycles. The van der Waals surface area contributed by atoms with Gasteiger partial charge in [-0.15, -0.1) is 0 Å². The fourth-order valence-corrected chi connectivity index (χ4v) is 6.40. The SMILES string of the molecule is CC1(C)[C@H]2CC[C@@]1(C)[C@@H](NC(=O)c1ccc(CS(=O)(=O)c3ccccc3)o1)C2. The third-order valence-electron chi connectivity index (χ3n) is 7.42. The van der Waals surface area contributed by atoms with Crippen molar-refractivity contribution in [3.05, 3.63) is 54.0 Å². The van der Waals surface area contributed by atoms with E-state index in [4.69, 9.17) is 4.42 Å². The number of nitrogens with one attached hydrogen (secondary N) is 1. The van der Waals surface area contributed by atoms with Crippen LogP contribution < -0.4 is 5.32 Å². The van der Waals surface area contributed by atoms with E-state index < -0.39 is 9.84 Å². The number of fused-ring (bicyclic) bond motifs is 2. The van der Waals surface area contributed by atoms with Gasteiger partial charge in [-0.2, -0.15) is 0 Å². The second-order valence-electron chi connectivity index (χ2n) is 8.97. The molecule has 2 saturated carbocycles. The number of hydrogen-bond donors (Lipinski definition) is 1. The van der Waals surface area contributed by atoms with Crippen LogP contribution in [0.2, 0.25) is 0 Å². The van der Waals surface area contributed by atoms with Gasteiger partial charge in [0, 0.05) is 6.04 Å². The van der Waals surface area contributed by atoms with Crippen molar-refractivity contribution in [3.63, 3.8) is 0 Å². The summed E-state index contributed by atoms with van der Waals surface area (Å²) >= 11 is 0. The first-order chi connectivity index (χ1) is 13.1. The predicted octanol–water partition coefficient (Wildman–Crippen LogP) is 4.20. The molecule has 6 heteroatoms. The summed E-state index contributed by atoms with van der Waals surface area (Å²) in [4.78, 5) is 13.0. The first-order valence-corrected chi connectivity index (χ1v) is 11.5. The molecule has 5 nitrogen and oxygen atoms in total. The van der Waals surface area contributed by atoms with Gasteiger partial charge in [0.25, 0.3) is 5.91 Å². The van der Waals surface area contributed by atoms with Crippen LogP contribution in [0.4, 0.5) is 0 Å². The van der Waals surface area contributed by atoms with Crippen molar-refractivity contribution in [1.29, 1.82) is 0 Å². The van der Waals surface area contributed by atoms with E-state index in [-0.39, 0.29) is 44.9 Å². The van der Waals surface area contributed by atoms with Crippen LogP contribution >= 0.6 is 0 Å². The van der Waals surface area contributed by atoms with Crippen molar-refractivity contribution in [2.75, 3.05) is 0 Å². The lowest BCUT2D eigenvalue weighted by molar-refractivity contribution is 0.0799. The standard InChI is InChI=1S/C22H27NO4S/c1-21(2)15-11-12-22(21,3)19(13-15)23-20(24)18-10-9-16(27-18)14-28(25,26)17-7-5-4-6-8-17/h4-10,15,19H,11-14H2,1-3H3,(H,23,24)/t15-,19-,22-/m0/s1. The predicted molar refractivity (Wildman–Crippen MR) is 107 cm³/mol. The summed E-state index contributed by atoms with van der Waals surface area (Å²) in [5, 5.41) is 3.15. The van der Waals surface area contributed by atoms with E-state index >= 15 is 0 Å². The summed E-state index contributed by atoms with van der Waals surface area (Å²) in [5.74, 6) is 0.542.